The molecule has 178 valence electrons. The first kappa shape index (κ1) is 24.1. The summed E-state index contributed by atoms with van der Waals surface area (Å²) in [4.78, 5) is 53.7. The molecule has 4 amide bonds. The molecular weight excluding hydrogens is 426 g/mol. The summed E-state index contributed by atoms with van der Waals surface area (Å²) < 4.78 is 0. The lowest BCUT2D eigenvalue weighted by molar-refractivity contribution is -0.167. The molecule has 0 aromatic heterocycles. The van der Waals surface area contributed by atoms with Crippen LogP contribution in [0.15, 0.2) is 42.7 Å². The SMILES string of the molecule is C=C(N)NCCC[C@H]1C(=O)N(C(=O)N2CCN(C(=O)CCc3ccccc3)CC2)C1C(=O)O. The first-order valence-corrected chi connectivity index (χ1v) is 11.1. The highest BCUT2D eigenvalue weighted by Gasteiger charge is 2.55. The van der Waals surface area contributed by atoms with Gasteiger partial charge in [-0.25, -0.2) is 14.5 Å². The third-order valence-electron chi connectivity index (χ3n) is 6.09. The first-order valence-electron chi connectivity index (χ1n) is 11.1. The van der Waals surface area contributed by atoms with Gasteiger partial charge in [0, 0.05) is 39.1 Å². The van der Waals surface area contributed by atoms with Gasteiger partial charge in [-0.1, -0.05) is 36.9 Å². The summed E-state index contributed by atoms with van der Waals surface area (Å²) in [5.74, 6) is -2.08. The van der Waals surface area contributed by atoms with Crippen LogP contribution in [-0.2, 0) is 20.8 Å². The van der Waals surface area contributed by atoms with Gasteiger partial charge in [-0.2, -0.15) is 0 Å². The van der Waals surface area contributed by atoms with Gasteiger partial charge in [-0.05, 0) is 24.8 Å². The van der Waals surface area contributed by atoms with E-state index in [4.69, 9.17) is 5.73 Å². The standard InChI is InChI=1S/C23H31N5O5/c1-16(24)25-11-5-8-18-20(22(31)32)28(21(18)30)23(33)27-14-12-26(13-15-27)19(29)10-9-17-6-3-2-4-7-17/h2-4,6-7,18,20,25H,1,5,8-15,24H2,(H,31,32)/t18-,20?/m1/s1. The summed E-state index contributed by atoms with van der Waals surface area (Å²) in [6.45, 7) is 5.23. The number of rotatable bonds is 9. The summed E-state index contributed by atoms with van der Waals surface area (Å²) in [7, 11) is 0. The summed E-state index contributed by atoms with van der Waals surface area (Å²) in [6.07, 6.45) is 1.90. The van der Waals surface area contributed by atoms with E-state index in [0.29, 0.717) is 51.1 Å². The predicted octanol–water partition coefficient (Wildman–Crippen LogP) is 0.595. The third kappa shape index (κ3) is 5.82. The molecule has 2 saturated heterocycles. The molecule has 33 heavy (non-hydrogen) atoms. The highest BCUT2D eigenvalue weighted by Crippen LogP contribution is 2.32. The van der Waals surface area contributed by atoms with Crippen molar-refractivity contribution in [1.29, 1.82) is 0 Å². The predicted molar refractivity (Wildman–Crippen MR) is 121 cm³/mol. The Morgan fingerprint density at radius 3 is 2.33 bits per heavy atom. The fourth-order valence-electron chi connectivity index (χ4n) is 4.25. The largest absolute Gasteiger partial charge is 0.480 e. The second-order valence-electron chi connectivity index (χ2n) is 8.33. The molecule has 2 aliphatic heterocycles. The second kappa shape index (κ2) is 10.8. The molecule has 1 aromatic rings. The van der Waals surface area contributed by atoms with E-state index >= 15 is 0 Å². The number of nitrogens with two attached hydrogens (primary N) is 1. The number of β-lactam (4-membered cyclic amide) rings is 1. The highest BCUT2D eigenvalue weighted by atomic mass is 16.4. The fraction of sp³-hybridized carbons (Fsp3) is 0.478. The first-order chi connectivity index (χ1) is 15.8. The number of amides is 4. The van der Waals surface area contributed by atoms with Crippen LogP contribution < -0.4 is 11.1 Å². The van der Waals surface area contributed by atoms with Crippen molar-refractivity contribution in [3.63, 3.8) is 0 Å². The van der Waals surface area contributed by atoms with Gasteiger partial charge in [-0.15, -0.1) is 0 Å². The number of hydrogen-bond acceptors (Lipinski definition) is 6. The number of hydrogen-bond donors (Lipinski definition) is 3. The topological polar surface area (TPSA) is 136 Å². The molecule has 2 fully saturated rings. The summed E-state index contributed by atoms with van der Waals surface area (Å²) in [6, 6.07) is 7.98. The summed E-state index contributed by atoms with van der Waals surface area (Å²) >= 11 is 0. The van der Waals surface area contributed by atoms with Crippen LogP contribution in [0.2, 0.25) is 0 Å². The van der Waals surface area contributed by atoms with Crippen molar-refractivity contribution in [1.82, 2.24) is 20.0 Å². The minimum absolute atomic E-state index is 0.0169. The molecule has 2 atom stereocenters. The lowest BCUT2D eigenvalue weighted by atomic mass is 9.83. The van der Waals surface area contributed by atoms with Crippen LogP contribution in [0, 0.1) is 5.92 Å². The van der Waals surface area contributed by atoms with Crippen molar-refractivity contribution in [2.75, 3.05) is 32.7 Å². The third-order valence-corrected chi connectivity index (χ3v) is 6.09. The van der Waals surface area contributed by atoms with Gasteiger partial charge in [0.25, 0.3) is 0 Å². The molecule has 1 unspecified atom stereocenters. The quantitative estimate of drug-likeness (QED) is 0.365. The molecule has 10 nitrogen and oxygen atoms in total. The van der Waals surface area contributed by atoms with Crippen LogP contribution in [0.4, 0.5) is 4.79 Å². The molecule has 0 spiro atoms. The zero-order valence-corrected chi connectivity index (χ0v) is 18.6. The van der Waals surface area contributed by atoms with Crippen LogP contribution in [0.3, 0.4) is 0 Å². The van der Waals surface area contributed by atoms with Crippen molar-refractivity contribution in [2.45, 2.75) is 31.7 Å². The van der Waals surface area contributed by atoms with Gasteiger partial charge in [0.1, 0.15) is 0 Å². The van der Waals surface area contributed by atoms with Crippen molar-refractivity contribution in [3.8, 4) is 0 Å². The number of nitrogens with one attached hydrogen (secondary N) is 1. The normalized spacial score (nSPS) is 20.2. The van der Waals surface area contributed by atoms with Crippen molar-refractivity contribution < 1.29 is 24.3 Å². The number of likely N-dealkylation sites (tertiary alicyclic amines) is 1. The number of piperazine rings is 1. The maximum absolute atomic E-state index is 12.9. The smallest absolute Gasteiger partial charge is 0.327 e. The molecule has 2 heterocycles. The molecule has 0 aliphatic carbocycles. The van der Waals surface area contributed by atoms with Crippen LogP contribution in [0.25, 0.3) is 0 Å². The van der Waals surface area contributed by atoms with E-state index in [1.807, 2.05) is 30.3 Å². The lowest BCUT2D eigenvalue weighted by Crippen LogP contribution is -2.69. The minimum Gasteiger partial charge on any atom is -0.480 e. The molecule has 1 aromatic carbocycles. The number of aliphatic carboxylic acids is 1. The maximum Gasteiger partial charge on any atom is 0.327 e. The van der Waals surface area contributed by atoms with E-state index in [2.05, 4.69) is 11.9 Å². The molecule has 4 N–H and O–H groups in total. The van der Waals surface area contributed by atoms with Crippen LogP contribution in [0.1, 0.15) is 24.8 Å². The average molecular weight is 458 g/mol. The number of carboxylic acid groups (broad SMARTS) is 1. The Morgan fingerprint density at radius 2 is 1.73 bits per heavy atom. The zero-order chi connectivity index (χ0) is 24.0. The fourth-order valence-corrected chi connectivity index (χ4v) is 4.25. The Bertz CT molecular complexity index is 898. The van der Waals surface area contributed by atoms with Crippen LogP contribution in [0.5, 0.6) is 0 Å². The molecular formula is C23H31N5O5. The summed E-state index contributed by atoms with van der Waals surface area (Å²) in [5, 5.41) is 12.4. The van der Waals surface area contributed by atoms with Crippen molar-refractivity contribution in [3.05, 3.63) is 48.3 Å². The van der Waals surface area contributed by atoms with E-state index in [1.165, 1.54) is 4.90 Å². The highest BCUT2D eigenvalue weighted by molar-refractivity contribution is 6.07. The minimum atomic E-state index is -1.20. The monoisotopic (exact) mass is 457 g/mol. The number of nitrogens with zero attached hydrogens (tertiary/aromatic N) is 3. The number of aryl methyl sites for hydroxylation is 1. The maximum atomic E-state index is 12.9. The molecule has 0 bridgehead atoms. The van der Waals surface area contributed by atoms with Gasteiger partial charge in [-0.3, -0.25) is 9.59 Å². The Labute approximate surface area is 193 Å². The second-order valence-corrected chi connectivity index (χ2v) is 8.33. The van der Waals surface area contributed by atoms with Gasteiger partial charge in [0.15, 0.2) is 6.04 Å². The number of imide groups is 1. The van der Waals surface area contributed by atoms with Gasteiger partial charge >= 0.3 is 12.0 Å². The van der Waals surface area contributed by atoms with E-state index in [1.54, 1.807) is 4.90 Å². The molecule has 2 aliphatic rings. The van der Waals surface area contributed by atoms with E-state index in [-0.39, 0.29) is 19.0 Å². The van der Waals surface area contributed by atoms with E-state index in [9.17, 15) is 24.3 Å². The van der Waals surface area contributed by atoms with Gasteiger partial charge in [0.2, 0.25) is 11.8 Å². The van der Waals surface area contributed by atoms with Gasteiger partial charge < -0.3 is 26.0 Å². The Kier molecular flexibility index (Phi) is 7.92. The number of benzene rings is 1. The zero-order valence-electron chi connectivity index (χ0n) is 18.6. The lowest BCUT2D eigenvalue weighted by Gasteiger charge is -2.46. The van der Waals surface area contributed by atoms with Crippen molar-refractivity contribution >= 4 is 23.8 Å². The van der Waals surface area contributed by atoms with Crippen LogP contribution in [-0.4, -0.2) is 82.4 Å². The number of urea groups is 1. The van der Waals surface area contributed by atoms with Gasteiger partial charge in [0.05, 0.1) is 11.7 Å². The number of carbonyl (C=O) groups excluding carboxylic acids is 3. The molecule has 0 saturated carbocycles. The molecule has 3 rings (SSSR count). The molecule has 10 heteroatoms. The van der Waals surface area contributed by atoms with E-state index in [0.717, 1.165) is 10.5 Å². The number of carboxylic acids is 1. The Balaban J connectivity index is 1.48. The Morgan fingerprint density at radius 1 is 1.09 bits per heavy atom. The van der Waals surface area contributed by atoms with E-state index < -0.39 is 29.9 Å². The average Bonchev–Trinajstić information content (AvgIpc) is 2.80. The Hall–Kier alpha value is -3.56. The summed E-state index contributed by atoms with van der Waals surface area (Å²) in [5.41, 5.74) is 6.52. The molecule has 0 radical (unpaired) electrons. The number of carbonyl (C=O) groups is 4. The van der Waals surface area contributed by atoms with Crippen molar-refractivity contribution in [2.24, 2.45) is 11.7 Å². The van der Waals surface area contributed by atoms with Crippen LogP contribution >= 0.6 is 0 Å².